The van der Waals surface area contributed by atoms with Crippen molar-refractivity contribution in [3.8, 4) is 5.75 Å². The van der Waals surface area contributed by atoms with Crippen LogP contribution in [0.1, 0.15) is 37.0 Å². The molecule has 0 aliphatic carbocycles. The highest BCUT2D eigenvalue weighted by atomic mass is 79.9. The maximum Gasteiger partial charge on any atom is 0.229 e. The molecule has 0 saturated carbocycles. The van der Waals surface area contributed by atoms with E-state index in [1.54, 1.807) is 20.2 Å². The quantitative estimate of drug-likeness (QED) is 0.314. The smallest absolute Gasteiger partial charge is 0.229 e. The number of para-hydroxylation sites is 1. The van der Waals surface area contributed by atoms with Crippen molar-refractivity contribution in [3.05, 3.63) is 58.2 Å². The standard InChI is InChI=1S/C30H40BrN7O2/c1-20-17-26(34-30-32-19-24(31)29(35-30)33-25-8-6-5-7-23(25)21(2)39)28(40-4)18-27(20)38-11-9-22(10-12-38)37-15-13-36(3)14-16-37/h5-8,17-19,21-22,39H,9-16H2,1-4H3,(H2,32,33,34,35). The average molecular weight is 611 g/mol. The summed E-state index contributed by atoms with van der Waals surface area (Å²) in [5.41, 5.74) is 4.80. The van der Waals surface area contributed by atoms with E-state index < -0.39 is 6.10 Å². The first kappa shape index (κ1) is 28.6. The van der Waals surface area contributed by atoms with Gasteiger partial charge in [-0.25, -0.2) is 4.98 Å². The molecule has 2 saturated heterocycles. The Kier molecular flexibility index (Phi) is 9.10. The summed E-state index contributed by atoms with van der Waals surface area (Å²) < 4.78 is 6.53. The van der Waals surface area contributed by atoms with Gasteiger partial charge < -0.3 is 30.3 Å². The third-order valence-electron chi connectivity index (χ3n) is 8.03. The van der Waals surface area contributed by atoms with Crippen LogP contribution in [0.5, 0.6) is 5.75 Å². The molecule has 0 radical (unpaired) electrons. The lowest BCUT2D eigenvalue weighted by atomic mass is 10.0. The zero-order valence-corrected chi connectivity index (χ0v) is 25.4. The summed E-state index contributed by atoms with van der Waals surface area (Å²) in [6.07, 6.45) is 3.48. The predicted molar refractivity (Wildman–Crippen MR) is 165 cm³/mol. The van der Waals surface area contributed by atoms with Crippen LogP contribution in [0.3, 0.4) is 0 Å². The van der Waals surface area contributed by atoms with E-state index >= 15 is 0 Å². The summed E-state index contributed by atoms with van der Waals surface area (Å²) >= 11 is 3.55. The number of nitrogens with zero attached hydrogens (tertiary/aromatic N) is 5. The second-order valence-electron chi connectivity index (χ2n) is 10.8. The maximum atomic E-state index is 10.2. The molecule has 2 aliphatic heterocycles. The van der Waals surface area contributed by atoms with Gasteiger partial charge in [0, 0.05) is 74.5 Å². The lowest BCUT2D eigenvalue weighted by Crippen LogP contribution is -2.52. The minimum Gasteiger partial charge on any atom is -0.494 e. The predicted octanol–water partition coefficient (Wildman–Crippen LogP) is 5.31. The molecular formula is C30H40BrN7O2. The molecule has 1 unspecified atom stereocenters. The number of benzene rings is 2. The lowest BCUT2D eigenvalue weighted by Gasteiger charge is -2.43. The molecule has 1 atom stereocenters. The Morgan fingerprint density at radius 2 is 1.75 bits per heavy atom. The topological polar surface area (TPSA) is 89.0 Å². The van der Waals surface area contributed by atoms with Crippen molar-refractivity contribution in [2.75, 3.05) is 69.0 Å². The van der Waals surface area contributed by atoms with E-state index in [2.05, 4.69) is 72.4 Å². The molecule has 0 spiro atoms. The van der Waals surface area contributed by atoms with Gasteiger partial charge in [-0.05, 0) is 67.4 Å². The first-order chi connectivity index (χ1) is 19.3. The number of nitrogens with one attached hydrogen (secondary N) is 2. The zero-order chi connectivity index (χ0) is 28.2. The second-order valence-corrected chi connectivity index (χ2v) is 11.7. The number of piperazine rings is 1. The van der Waals surface area contributed by atoms with Gasteiger partial charge in [0.05, 0.1) is 23.4 Å². The van der Waals surface area contributed by atoms with E-state index in [4.69, 9.17) is 9.72 Å². The molecular weight excluding hydrogens is 570 g/mol. The van der Waals surface area contributed by atoms with Gasteiger partial charge in [-0.1, -0.05) is 18.2 Å². The molecule has 9 nitrogen and oxygen atoms in total. The number of anilines is 5. The molecule has 2 aromatic carbocycles. The van der Waals surface area contributed by atoms with E-state index in [0.29, 0.717) is 17.8 Å². The van der Waals surface area contributed by atoms with Crippen molar-refractivity contribution in [1.82, 2.24) is 19.8 Å². The summed E-state index contributed by atoms with van der Waals surface area (Å²) in [4.78, 5) is 16.8. The maximum absolute atomic E-state index is 10.2. The van der Waals surface area contributed by atoms with Gasteiger partial charge in [-0.15, -0.1) is 0 Å². The van der Waals surface area contributed by atoms with Crippen LogP contribution >= 0.6 is 15.9 Å². The lowest BCUT2D eigenvalue weighted by molar-refractivity contribution is 0.0982. The number of aliphatic hydroxyl groups excluding tert-OH is 1. The van der Waals surface area contributed by atoms with Crippen LogP contribution in [0.25, 0.3) is 0 Å². The highest BCUT2D eigenvalue weighted by Crippen LogP contribution is 2.37. The van der Waals surface area contributed by atoms with Crippen molar-refractivity contribution in [1.29, 1.82) is 0 Å². The van der Waals surface area contributed by atoms with Crippen molar-refractivity contribution < 1.29 is 9.84 Å². The normalized spacial score (nSPS) is 18.0. The number of ether oxygens (including phenoxy) is 1. The number of likely N-dealkylation sites (N-methyl/N-ethyl adjacent to an activating group) is 1. The van der Waals surface area contributed by atoms with Gasteiger partial charge in [0.2, 0.25) is 5.95 Å². The molecule has 214 valence electrons. The molecule has 10 heteroatoms. The Labute approximate surface area is 245 Å². The van der Waals surface area contributed by atoms with Crippen LogP contribution in [0.15, 0.2) is 47.1 Å². The number of halogens is 1. The minimum absolute atomic E-state index is 0.443. The van der Waals surface area contributed by atoms with Crippen molar-refractivity contribution in [2.24, 2.45) is 0 Å². The third kappa shape index (κ3) is 6.52. The van der Waals surface area contributed by atoms with E-state index in [1.807, 2.05) is 24.3 Å². The molecule has 0 amide bonds. The Balaban J connectivity index is 1.29. The molecule has 2 aliphatic rings. The number of aromatic nitrogens is 2. The molecule has 0 bridgehead atoms. The summed E-state index contributed by atoms with van der Waals surface area (Å²) in [5, 5.41) is 16.8. The SMILES string of the molecule is COc1cc(N2CCC(N3CCN(C)CC3)CC2)c(C)cc1Nc1ncc(Br)c(Nc2ccccc2C(C)O)n1. The van der Waals surface area contributed by atoms with Crippen LogP contribution in [-0.2, 0) is 0 Å². The van der Waals surface area contributed by atoms with E-state index in [0.717, 1.165) is 40.2 Å². The Morgan fingerprint density at radius 3 is 2.45 bits per heavy atom. The minimum atomic E-state index is -0.606. The van der Waals surface area contributed by atoms with Gasteiger partial charge in [0.15, 0.2) is 0 Å². The highest BCUT2D eigenvalue weighted by molar-refractivity contribution is 9.10. The van der Waals surface area contributed by atoms with Gasteiger partial charge in [-0.3, -0.25) is 4.90 Å². The number of methoxy groups -OCH3 is 1. The van der Waals surface area contributed by atoms with Crippen molar-refractivity contribution in [2.45, 2.75) is 38.8 Å². The molecule has 3 aromatic rings. The average Bonchev–Trinajstić information content (AvgIpc) is 2.96. The fraction of sp³-hybridized carbons (Fsp3) is 0.467. The first-order valence-electron chi connectivity index (χ1n) is 14.0. The second kappa shape index (κ2) is 12.7. The fourth-order valence-electron chi connectivity index (χ4n) is 5.68. The number of aliphatic hydroxyl groups is 1. The first-order valence-corrected chi connectivity index (χ1v) is 14.8. The largest absolute Gasteiger partial charge is 0.494 e. The summed E-state index contributed by atoms with van der Waals surface area (Å²) in [6.45, 7) is 10.7. The summed E-state index contributed by atoms with van der Waals surface area (Å²) in [6, 6.07) is 12.6. The zero-order valence-electron chi connectivity index (χ0n) is 23.8. The molecule has 5 rings (SSSR count). The van der Waals surface area contributed by atoms with Crippen LogP contribution in [0.2, 0.25) is 0 Å². The van der Waals surface area contributed by atoms with Crippen LogP contribution < -0.4 is 20.3 Å². The van der Waals surface area contributed by atoms with Crippen molar-refractivity contribution >= 4 is 44.8 Å². The molecule has 40 heavy (non-hydrogen) atoms. The fourth-order valence-corrected chi connectivity index (χ4v) is 5.97. The number of rotatable bonds is 8. The van der Waals surface area contributed by atoms with Gasteiger partial charge in [0.1, 0.15) is 11.6 Å². The number of piperidine rings is 1. The third-order valence-corrected chi connectivity index (χ3v) is 8.61. The van der Waals surface area contributed by atoms with Gasteiger partial charge >= 0.3 is 0 Å². The van der Waals surface area contributed by atoms with E-state index in [-0.39, 0.29) is 0 Å². The highest BCUT2D eigenvalue weighted by Gasteiger charge is 2.27. The van der Waals surface area contributed by atoms with E-state index in [1.165, 1.54) is 50.3 Å². The van der Waals surface area contributed by atoms with Crippen molar-refractivity contribution in [3.63, 3.8) is 0 Å². The molecule has 2 fully saturated rings. The van der Waals surface area contributed by atoms with Gasteiger partial charge in [0.25, 0.3) is 0 Å². The van der Waals surface area contributed by atoms with Gasteiger partial charge in [-0.2, -0.15) is 4.98 Å². The number of hydrogen-bond acceptors (Lipinski definition) is 9. The van der Waals surface area contributed by atoms with Crippen LogP contribution in [-0.4, -0.2) is 84.3 Å². The Hall–Kier alpha value is -2.92. The summed E-state index contributed by atoms with van der Waals surface area (Å²) in [7, 11) is 3.91. The Bertz CT molecular complexity index is 1310. The number of aryl methyl sites for hydroxylation is 1. The Morgan fingerprint density at radius 1 is 1.02 bits per heavy atom. The van der Waals surface area contributed by atoms with E-state index in [9.17, 15) is 5.11 Å². The van der Waals surface area contributed by atoms with Crippen LogP contribution in [0.4, 0.5) is 28.8 Å². The molecule has 3 heterocycles. The summed E-state index contributed by atoms with van der Waals surface area (Å²) in [5.74, 6) is 1.79. The monoisotopic (exact) mass is 609 g/mol. The molecule has 3 N–H and O–H groups in total. The number of hydrogen-bond donors (Lipinski definition) is 3. The molecule has 1 aromatic heterocycles. The van der Waals surface area contributed by atoms with Crippen LogP contribution in [0, 0.1) is 6.92 Å².